The lowest BCUT2D eigenvalue weighted by Crippen LogP contribution is -2.46. The fourth-order valence-corrected chi connectivity index (χ4v) is 1.49. The predicted molar refractivity (Wildman–Crippen MR) is 88.0 cm³/mol. The van der Waals surface area contributed by atoms with Crippen LogP contribution in [0.25, 0.3) is 0 Å². The fraction of sp³-hybridized carbons (Fsp3) is 0.533. The number of halogens is 1. The summed E-state index contributed by atoms with van der Waals surface area (Å²) in [5.41, 5.74) is 0.237. The van der Waals surface area contributed by atoms with Gasteiger partial charge in [-0.2, -0.15) is 12.6 Å². The highest BCUT2D eigenvalue weighted by atomic mass is 32.1. The maximum atomic E-state index is 13.4. The van der Waals surface area contributed by atoms with Crippen LogP contribution >= 0.6 is 12.6 Å². The molecule has 21 heavy (non-hydrogen) atoms. The van der Waals surface area contributed by atoms with Crippen LogP contribution in [0.3, 0.4) is 0 Å². The summed E-state index contributed by atoms with van der Waals surface area (Å²) in [6.45, 7) is 9.99. The van der Waals surface area contributed by atoms with Crippen LogP contribution in [0, 0.1) is 5.82 Å². The Balaban J connectivity index is 2.96. The van der Waals surface area contributed by atoms with E-state index in [1.165, 1.54) is 25.7 Å². The molecule has 0 heterocycles. The molecule has 3 nitrogen and oxygen atoms in total. The molecule has 1 rings (SSSR count). The molecule has 0 aromatic heterocycles. The molecule has 0 aliphatic carbocycles. The third kappa shape index (κ3) is 4.75. The van der Waals surface area contributed by atoms with Gasteiger partial charge in [-0.15, -0.1) is 0 Å². The molecule has 0 atom stereocenters. The van der Waals surface area contributed by atoms with Crippen molar-refractivity contribution in [2.75, 3.05) is 6.54 Å². The smallest absolute Gasteiger partial charge is 0.331 e. The van der Waals surface area contributed by atoms with Gasteiger partial charge in [-0.05, 0) is 52.2 Å². The number of hydrogen-bond acceptors (Lipinski definition) is 3. The van der Waals surface area contributed by atoms with Crippen molar-refractivity contribution in [3.63, 3.8) is 0 Å². The molecule has 0 saturated carbocycles. The van der Waals surface area contributed by atoms with Crippen LogP contribution in [0.2, 0.25) is 0 Å². The second kappa shape index (κ2) is 6.84. The molecule has 0 aliphatic rings. The molecule has 1 N–H and O–H groups in total. The molecule has 0 bridgehead atoms. The van der Waals surface area contributed by atoms with Crippen molar-refractivity contribution < 1.29 is 13.8 Å². The predicted octanol–water partition coefficient (Wildman–Crippen LogP) is 2.32. The van der Waals surface area contributed by atoms with Gasteiger partial charge < -0.3 is 9.97 Å². The van der Waals surface area contributed by atoms with Crippen LogP contribution < -0.4 is 10.8 Å². The Morgan fingerprint density at radius 3 is 2.52 bits per heavy atom. The van der Waals surface area contributed by atoms with E-state index < -0.39 is 11.4 Å². The van der Waals surface area contributed by atoms with Crippen LogP contribution in [0.15, 0.2) is 18.2 Å². The second-order valence-electron chi connectivity index (χ2n) is 5.90. The van der Waals surface area contributed by atoms with E-state index in [0.717, 1.165) is 0 Å². The summed E-state index contributed by atoms with van der Waals surface area (Å²) in [7, 11) is 1.49. The van der Waals surface area contributed by atoms with Crippen LogP contribution in [0.4, 0.5) is 4.39 Å². The molecule has 0 unspecified atom stereocenters. The minimum Gasteiger partial charge on any atom is -0.428 e. The van der Waals surface area contributed by atoms with E-state index in [1.807, 2.05) is 34.6 Å². The summed E-state index contributed by atoms with van der Waals surface area (Å²) in [6, 6.07) is 4.04. The van der Waals surface area contributed by atoms with Crippen molar-refractivity contribution in [3.05, 3.63) is 29.6 Å². The molecule has 1 radical (unpaired) electrons. The van der Waals surface area contributed by atoms with Crippen molar-refractivity contribution in [3.8, 4) is 0 Å². The summed E-state index contributed by atoms with van der Waals surface area (Å²) >= 11 is 4.51. The quantitative estimate of drug-likeness (QED) is 0.625. The van der Waals surface area contributed by atoms with Crippen LogP contribution in [0.1, 0.15) is 45.0 Å². The molecule has 0 spiro atoms. The van der Waals surface area contributed by atoms with E-state index >= 15 is 0 Å². The first-order chi connectivity index (χ1) is 9.58. The average Bonchev–Trinajstić information content (AvgIpc) is 2.36. The Morgan fingerprint density at radius 2 is 2.00 bits per heavy atom. The van der Waals surface area contributed by atoms with Gasteiger partial charge in [0.1, 0.15) is 5.82 Å². The summed E-state index contributed by atoms with van der Waals surface area (Å²) in [5, 5.41) is 2.66. The largest absolute Gasteiger partial charge is 0.428 e. The van der Waals surface area contributed by atoms with E-state index in [-0.39, 0.29) is 16.2 Å². The Kier molecular flexibility index (Phi) is 5.87. The zero-order chi connectivity index (χ0) is 16.3. The van der Waals surface area contributed by atoms with Crippen molar-refractivity contribution in [1.82, 2.24) is 5.32 Å². The van der Waals surface area contributed by atoms with Crippen molar-refractivity contribution in [2.45, 2.75) is 45.0 Å². The van der Waals surface area contributed by atoms with Gasteiger partial charge in [-0.3, -0.25) is 4.79 Å². The van der Waals surface area contributed by atoms with Gasteiger partial charge >= 0.3 is 7.48 Å². The highest BCUT2D eigenvalue weighted by molar-refractivity contribution is 7.81. The molecule has 115 valence electrons. The Morgan fingerprint density at radius 1 is 1.38 bits per heavy atom. The first-order valence-electron chi connectivity index (χ1n) is 6.89. The maximum absolute atomic E-state index is 13.4. The number of carbonyl (C=O) groups excluding carboxylic acids is 1. The normalized spacial score (nSPS) is 12.1. The summed E-state index contributed by atoms with van der Waals surface area (Å²) in [4.78, 5) is 12.0. The van der Waals surface area contributed by atoms with Crippen LogP contribution in [0.5, 0.6) is 0 Å². The van der Waals surface area contributed by atoms with Gasteiger partial charge in [0.25, 0.3) is 5.91 Å². The first-order valence-corrected chi connectivity index (χ1v) is 7.34. The highest BCUT2D eigenvalue weighted by Gasteiger charge is 2.34. The molecule has 0 saturated heterocycles. The Bertz CT molecular complexity index is 515. The minimum atomic E-state index is -0.553. The minimum absolute atomic E-state index is 0.254. The molecule has 0 aliphatic heterocycles. The molecule has 1 aromatic rings. The van der Waals surface area contributed by atoms with E-state index in [0.29, 0.717) is 12.0 Å². The van der Waals surface area contributed by atoms with E-state index in [9.17, 15) is 9.18 Å². The third-order valence-electron chi connectivity index (χ3n) is 3.55. The van der Waals surface area contributed by atoms with Crippen molar-refractivity contribution in [2.24, 2.45) is 0 Å². The lowest BCUT2D eigenvalue weighted by molar-refractivity contribution is 0.0851. The monoisotopic (exact) mass is 310 g/mol. The number of nitrogens with one attached hydrogen (secondary N) is 1. The average molecular weight is 310 g/mol. The highest BCUT2D eigenvalue weighted by Crippen LogP contribution is 2.30. The zero-order valence-electron chi connectivity index (χ0n) is 13.2. The summed E-state index contributed by atoms with van der Waals surface area (Å²) in [6.07, 6.45) is 0. The van der Waals surface area contributed by atoms with Crippen LogP contribution in [-0.2, 0) is 4.65 Å². The molecule has 1 aromatic carbocycles. The molecule has 1 amide bonds. The number of amides is 1. The lowest BCUT2D eigenvalue weighted by Gasteiger charge is -2.38. The number of thiol groups is 1. The van der Waals surface area contributed by atoms with Gasteiger partial charge in [0, 0.05) is 16.9 Å². The maximum Gasteiger partial charge on any atom is 0.331 e. The number of benzene rings is 1. The standard InChI is InChI=1S/C15H22BFNO2S/c1-6-18-13(19)11-9-10(17)7-8-12(11)16-20-14(2,3)15(4,5)21/h7-9,21H,6H2,1-5H3,(H,18,19). The lowest BCUT2D eigenvalue weighted by atomic mass is 9.81. The van der Waals surface area contributed by atoms with E-state index in [4.69, 9.17) is 4.65 Å². The number of carbonyl (C=O) groups is 1. The van der Waals surface area contributed by atoms with Crippen molar-refractivity contribution >= 4 is 31.5 Å². The first kappa shape index (κ1) is 18.0. The van der Waals surface area contributed by atoms with Gasteiger partial charge in [-0.1, -0.05) is 6.07 Å². The van der Waals surface area contributed by atoms with E-state index in [2.05, 4.69) is 17.9 Å². The molecular formula is C15H22BFNO2S. The van der Waals surface area contributed by atoms with Gasteiger partial charge in [0.15, 0.2) is 0 Å². The fourth-order valence-electron chi connectivity index (χ4n) is 1.44. The molecule has 0 fully saturated rings. The van der Waals surface area contributed by atoms with Crippen LogP contribution in [-0.4, -0.2) is 30.3 Å². The topological polar surface area (TPSA) is 38.3 Å². The van der Waals surface area contributed by atoms with E-state index in [1.54, 1.807) is 0 Å². The summed E-state index contributed by atoms with van der Waals surface area (Å²) < 4.78 is 18.8. The second-order valence-corrected chi connectivity index (χ2v) is 7.01. The third-order valence-corrected chi connectivity index (χ3v) is 4.09. The summed E-state index contributed by atoms with van der Waals surface area (Å²) in [5.74, 6) is -0.781. The van der Waals surface area contributed by atoms with Gasteiger partial charge in [-0.25, -0.2) is 4.39 Å². The van der Waals surface area contributed by atoms with Crippen molar-refractivity contribution in [1.29, 1.82) is 0 Å². The van der Waals surface area contributed by atoms with Gasteiger partial charge in [0.2, 0.25) is 0 Å². The molecule has 6 heteroatoms. The number of rotatable bonds is 6. The Hall–Kier alpha value is -1.01. The number of hydrogen-bond donors (Lipinski definition) is 2. The van der Waals surface area contributed by atoms with Gasteiger partial charge in [0.05, 0.1) is 5.60 Å². The SMILES string of the molecule is CCNC(=O)c1cc(F)ccc1[B]OC(C)(C)C(C)(C)S. The zero-order valence-corrected chi connectivity index (χ0v) is 14.1. The Labute approximate surface area is 132 Å². The molecular weight excluding hydrogens is 288 g/mol.